The molecule has 5 nitrogen and oxygen atoms in total. The fourth-order valence-corrected chi connectivity index (χ4v) is 2.33. The summed E-state index contributed by atoms with van der Waals surface area (Å²) in [7, 11) is 0. The molecule has 0 saturated carbocycles. The van der Waals surface area contributed by atoms with Crippen LogP contribution in [0.4, 0.5) is 5.82 Å². The number of thiocarbonyl (C=S) groups is 1. The molecule has 0 radical (unpaired) electrons. The van der Waals surface area contributed by atoms with E-state index in [0.717, 1.165) is 13.0 Å². The van der Waals surface area contributed by atoms with Gasteiger partial charge < -0.3 is 10.6 Å². The second-order valence-electron chi connectivity index (χ2n) is 4.64. The zero-order chi connectivity index (χ0) is 14.2. The second-order valence-corrected chi connectivity index (χ2v) is 5.05. The highest BCUT2D eigenvalue weighted by Crippen LogP contribution is 2.19. The Kier molecular flexibility index (Phi) is 5.44. The van der Waals surface area contributed by atoms with Gasteiger partial charge in [-0.25, -0.2) is 0 Å². The van der Waals surface area contributed by atoms with Crippen molar-refractivity contribution < 1.29 is 0 Å². The van der Waals surface area contributed by atoms with Gasteiger partial charge >= 0.3 is 0 Å². The number of aromatic nitrogens is 2. The van der Waals surface area contributed by atoms with Crippen LogP contribution < -0.4 is 10.6 Å². The normalized spacial score (nSPS) is 14.1. The monoisotopic (exact) mass is 287 g/mol. The van der Waals surface area contributed by atoms with Crippen LogP contribution in [-0.4, -0.2) is 21.9 Å². The van der Waals surface area contributed by atoms with Crippen LogP contribution in [0.1, 0.15) is 37.7 Å². The molecule has 0 saturated heterocycles. The molecule has 1 aliphatic carbocycles. The Morgan fingerprint density at radius 1 is 1.45 bits per heavy atom. The third kappa shape index (κ3) is 4.28. The standard InChI is InChI=1S/C14H17N5S/c15-10-12-7-9-17-19-13(12)18-14(20)16-8-6-11-4-2-1-3-5-11/h4,7,9H,1-3,5-6,8H2,(H2,16,18,19,20). The molecule has 0 unspecified atom stereocenters. The van der Waals surface area contributed by atoms with E-state index in [1.165, 1.54) is 37.5 Å². The van der Waals surface area contributed by atoms with Gasteiger partial charge in [-0.15, -0.1) is 5.10 Å². The van der Waals surface area contributed by atoms with Gasteiger partial charge in [0.2, 0.25) is 0 Å². The van der Waals surface area contributed by atoms with Crippen molar-refractivity contribution in [1.82, 2.24) is 15.5 Å². The smallest absolute Gasteiger partial charge is 0.172 e. The highest BCUT2D eigenvalue weighted by atomic mass is 32.1. The molecule has 0 aromatic carbocycles. The van der Waals surface area contributed by atoms with Crippen molar-refractivity contribution in [2.75, 3.05) is 11.9 Å². The van der Waals surface area contributed by atoms with Crippen LogP contribution in [-0.2, 0) is 0 Å². The lowest BCUT2D eigenvalue weighted by Crippen LogP contribution is -2.30. The third-order valence-electron chi connectivity index (χ3n) is 3.19. The summed E-state index contributed by atoms with van der Waals surface area (Å²) in [5.74, 6) is 0.393. The van der Waals surface area contributed by atoms with Gasteiger partial charge in [-0.3, -0.25) is 0 Å². The van der Waals surface area contributed by atoms with Crippen molar-refractivity contribution in [3.63, 3.8) is 0 Å². The summed E-state index contributed by atoms with van der Waals surface area (Å²) in [5.41, 5.74) is 1.93. The summed E-state index contributed by atoms with van der Waals surface area (Å²) in [6, 6.07) is 3.65. The zero-order valence-corrected chi connectivity index (χ0v) is 12.0. The third-order valence-corrected chi connectivity index (χ3v) is 3.44. The molecule has 0 spiro atoms. The fraction of sp³-hybridized carbons (Fsp3) is 0.429. The second kappa shape index (κ2) is 7.56. The number of rotatable bonds is 4. The molecular weight excluding hydrogens is 270 g/mol. The summed E-state index contributed by atoms with van der Waals surface area (Å²) >= 11 is 5.19. The molecule has 1 aromatic rings. The Hall–Kier alpha value is -2.00. The maximum atomic E-state index is 8.95. The number of nitrogens with zero attached hydrogens (tertiary/aromatic N) is 3. The summed E-state index contributed by atoms with van der Waals surface area (Å²) in [5, 5.41) is 23.1. The van der Waals surface area contributed by atoms with Crippen molar-refractivity contribution in [1.29, 1.82) is 5.26 Å². The van der Waals surface area contributed by atoms with Crippen LogP contribution in [0, 0.1) is 11.3 Å². The Morgan fingerprint density at radius 3 is 3.10 bits per heavy atom. The predicted octanol–water partition coefficient (Wildman–Crippen LogP) is 2.53. The first-order chi connectivity index (χ1) is 9.79. The molecule has 0 fully saturated rings. The van der Waals surface area contributed by atoms with E-state index in [0.29, 0.717) is 16.5 Å². The largest absolute Gasteiger partial charge is 0.362 e. The lowest BCUT2D eigenvalue weighted by atomic mass is 9.97. The molecule has 0 amide bonds. The molecular formula is C14H17N5S. The summed E-state index contributed by atoms with van der Waals surface area (Å²) < 4.78 is 0. The first-order valence-electron chi connectivity index (χ1n) is 6.74. The van der Waals surface area contributed by atoms with E-state index in [2.05, 4.69) is 26.9 Å². The van der Waals surface area contributed by atoms with Crippen molar-refractivity contribution in [3.05, 3.63) is 29.5 Å². The van der Waals surface area contributed by atoms with E-state index in [4.69, 9.17) is 17.5 Å². The summed E-state index contributed by atoms with van der Waals surface area (Å²) in [4.78, 5) is 0. The number of nitriles is 1. The Labute approximate surface area is 124 Å². The molecule has 1 aromatic heterocycles. The topological polar surface area (TPSA) is 73.6 Å². The van der Waals surface area contributed by atoms with Gasteiger partial charge in [-0.2, -0.15) is 10.4 Å². The average molecular weight is 287 g/mol. The van der Waals surface area contributed by atoms with E-state index in [9.17, 15) is 0 Å². The van der Waals surface area contributed by atoms with Crippen molar-refractivity contribution in [2.24, 2.45) is 0 Å². The maximum Gasteiger partial charge on any atom is 0.172 e. The van der Waals surface area contributed by atoms with Gasteiger partial charge in [-0.1, -0.05) is 11.6 Å². The number of anilines is 1. The van der Waals surface area contributed by atoms with Crippen molar-refractivity contribution >= 4 is 23.1 Å². The molecule has 1 heterocycles. The maximum absolute atomic E-state index is 8.95. The van der Waals surface area contributed by atoms with Gasteiger partial charge in [0.1, 0.15) is 6.07 Å². The first-order valence-corrected chi connectivity index (χ1v) is 7.15. The minimum Gasteiger partial charge on any atom is -0.362 e. The summed E-state index contributed by atoms with van der Waals surface area (Å²) in [6.07, 6.45) is 9.81. The fourth-order valence-electron chi connectivity index (χ4n) is 2.13. The quantitative estimate of drug-likeness (QED) is 0.655. The van der Waals surface area contributed by atoms with Crippen LogP contribution in [0.25, 0.3) is 0 Å². The first kappa shape index (κ1) is 14.4. The van der Waals surface area contributed by atoms with Gasteiger partial charge in [0.05, 0.1) is 11.8 Å². The van der Waals surface area contributed by atoms with Gasteiger partial charge in [0.15, 0.2) is 10.9 Å². The van der Waals surface area contributed by atoms with Crippen molar-refractivity contribution in [3.8, 4) is 6.07 Å². The Morgan fingerprint density at radius 2 is 2.35 bits per heavy atom. The van der Waals surface area contributed by atoms with Gasteiger partial charge in [0.25, 0.3) is 0 Å². The van der Waals surface area contributed by atoms with Gasteiger partial charge in [0, 0.05) is 6.54 Å². The lowest BCUT2D eigenvalue weighted by Gasteiger charge is -2.14. The van der Waals surface area contributed by atoms with Crippen LogP contribution >= 0.6 is 12.2 Å². The number of hydrogen-bond acceptors (Lipinski definition) is 4. The minimum atomic E-state index is 0.393. The molecule has 0 aliphatic heterocycles. The molecule has 0 bridgehead atoms. The van der Waals surface area contributed by atoms with Crippen LogP contribution in [0.5, 0.6) is 0 Å². The van der Waals surface area contributed by atoms with Crippen LogP contribution in [0.15, 0.2) is 23.9 Å². The van der Waals surface area contributed by atoms with E-state index < -0.39 is 0 Å². The zero-order valence-electron chi connectivity index (χ0n) is 11.2. The average Bonchev–Trinajstić information content (AvgIpc) is 2.49. The molecule has 0 atom stereocenters. The molecule has 2 rings (SSSR count). The molecule has 1 aliphatic rings. The molecule has 2 N–H and O–H groups in total. The van der Waals surface area contributed by atoms with Crippen molar-refractivity contribution in [2.45, 2.75) is 32.1 Å². The van der Waals surface area contributed by atoms with Crippen LogP contribution in [0.3, 0.4) is 0 Å². The van der Waals surface area contributed by atoms with E-state index in [-0.39, 0.29) is 0 Å². The molecule has 104 valence electrons. The van der Waals surface area contributed by atoms with Gasteiger partial charge in [-0.05, 0) is 50.4 Å². The predicted molar refractivity (Wildman–Crippen MR) is 82.1 cm³/mol. The van der Waals surface area contributed by atoms with E-state index in [1.54, 1.807) is 6.07 Å². The highest BCUT2D eigenvalue weighted by molar-refractivity contribution is 7.80. The number of nitrogens with one attached hydrogen (secondary N) is 2. The minimum absolute atomic E-state index is 0.393. The lowest BCUT2D eigenvalue weighted by molar-refractivity contribution is 0.669. The highest BCUT2D eigenvalue weighted by Gasteiger charge is 2.06. The van der Waals surface area contributed by atoms with E-state index >= 15 is 0 Å². The SMILES string of the molecule is N#Cc1ccnnc1NC(=S)NCCC1=CCCCC1. The molecule has 20 heavy (non-hydrogen) atoms. The number of hydrogen-bond donors (Lipinski definition) is 2. The summed E-state index contributed by atoms with van der Waals surface area (Å²) in [6.45, 7) is 0.791. The number of allylic oxidation sites excluding steroid dienone is 1. The Bertz CT molecular complexity index is 547. The van der Waals surface area contributed by atoms with E-state index in [1.807, 2.05) is 6.07 Å². The van der Waals surface area contributed by atoms with Crippen LogP contribution in [0.2, 0.25) is 0 Å². The molecule has 6 heteroatoms. The Balaban J connectivity index is 1.78.